The van der Waals surface area contributed by atoms with Crippen LogP contribution in [0.5, 0.6) is 0 Å². The zero-order valence-corrected chi connectivity index (χ0v) is 21.7. The predicted octanol–water partition coefficient (Wildman–Crippen LogP) is 4.07. The van der Waals surface area contributed by atoms with Gasteiger partial charge in [0.25, 0.3) is 11.8 Å². The molecular weight excluding hydrogens is 513 g/mol. The monoisotopic (exact) mass is 544 g/mol. The molecule has 2 fully saturated rings. The van der Waals surface area contributed by atoms with E-state index < -0.39 is 17.3 Å². The molecule has 0 aromatic heterocycles. The number of likely N-dealkylation sites (tertiary alicyclic amines) is 1. The Labute approximate surface area is 224 Å². The van der Waals surface area contributed by atoms with Gasteiger partial charge in [0.2, 0.25) is 0 Å². The number of benzene rings is 2. The van der Waals surface area contributed by atoms with Crippen molar-refractivity contribution >= 4 is 17.6 Å². The molecule has 2 saturated heterocycles. The number of hydrogen-bond donors (Lipinski definition) is 1. The molecule has 0 radical (unpaired) electrons. The number of halogens is 3. The number of hydroxylamine groups is 2. The van der Waals surface area contributed by atoms with Gasteiger partial charge in [0.1, 0.15) is 11.4 Å². The minimum Gasteiger partial charge on any atom is -0.339 e. The van der Waals surface area contributed by atoms with Crippen LogP contribution >= 0.6 is 0 Å². The number of nitrogens with zero attached hydrogens (tertiary/aromatic N) is 3. The molecule has 3 aliphatic rings. The third-order valence-corrected chi connectivity index (χ3v) is 7.59. The van der Waals surface area contributed by atoms with Crippen molar-refractivity contribution in [1.82, 2.24) is 15.3 Å². The van der Waals surface area contributed by atoms with E-state index in [0.29, 0.717) is 44.5 Å². The second-order valence-corrected chi connectivity index (χ2v) is 10.2. The highest BCUT2D eigenvalue weighted by Crippen LogP contribution is 2.33. The summed E-state index contributed by atoms with van der Waals surface area (Å²) in [5.41, 5.74) is 1.18. The van der Waals surface area contributed by atoms with Gasteiger partial charge >= 0.3 is 6.18 Å². The highest BCUT2D eigenvalue weighted by atomic mass is 19.4. The molecule has 2 aromatic carbocycles. The summed E-state index contributed by atoms with van der Waals surface area (Å²) in [5.74, 6) is -0.0929. The lowest BCUT2D eigenvalue weighted by molar-refractivity contribution is -0.429. The molecule has 1 N–H and O–H groups in total. The van der Waals surface area contributed by atoms with Crippen molar-refractivity contribution in [2.24, 2.45) is 4.99 Å². The Kier molecular flexibility index (Phi) is 7.75. The normalized spacial score (nSPS) is 19.4. The molecule has 2 amide bonds. The van der Waals surface area contributed by atoms with Gasteiger partial charge < -0.3 is 10.2 Å². The van der Waals surface area contributed by atoms with Crippen LogP contribution in [-0.4, -0.2) is 65.9 Å². The third-order valence-electron chi connectivity index (χ3n) is 7.59. The lowest BCUT2D eigenvalue weighted by Crippen LogP contribution is -2.49. The molecule has 2 aromatic rings. The number of hydrogen-bond acceptors (Lipinski definition) is 6. The van der Waals surface area contributed by atoms with Crippen LogP contribution in [0.2, 0.25) is 0 Å². The topological polar surface area (TPSA) is 83.5 Å². The molecule has 208 valence electrons. The second-order valence-electron chi connectivity index (χ2n) is 10.2. The van der Waals surface area contributed by atoms with Crippen LogP contribution in [0, 0.1) is 6.92 Å². The first-order valence-corrected chi connectivity index (χ1v) is 13.2. The van der Waals surface area contributed by atoms with Crippen molar-refractivity contribution in [3.8, 4) is 0 Å². The second kappa shape index (κ2) is 11.1. The van der Waals surface area contributed by atoms with Gasteiger partial charge in [-0.25, -0.2) is 4.89 Å². The third kappa shape index (κ3) is 6.00. The summed E-state index contributed by atoms with van der Waals surface area (Å²) in [5, 5.41) is 4.27. The van der Waals surface area contributed by atoms with E-state index in [2.05, 4.69) is 10.3 Å². The molecule has 11 heteroatoms. The molecule has 0 saturated carbocycles. The number of amidine groups is 1. The fraction of sp³-hybridized carbons (Fsp3) is 0.464. The average molecular weight is 545 g/mol. The van der Waals surface area contributed by atoms with Gasteiger partial charge in [0, 0.05) is 37.3 Å². The van der Waals surface area contributed by atoms with Gasteiger partial charge in [-0.3, -0.25) is 14.6 Å². The first-order valence-electron chi connectivity index (χ1n) is 13.2. The van der Waals surface area contributed by atoms with E-state index in [-0.39, 0.29) is 23.2 Å². The Morgan fingerprint density at radius 2 is 1.82 bits per heavy atom. The van der Waals surface area contributed by atoms with Crippen molar-refractivity contribution in [3.05, 3.63) is 70.3 Å². The lowest BCUT2D eigenvalue weighted by atomic mass is 9.89. The predicted molar refractivity (Wildman–Crippen MR) is 137 cm³/mol. The molecule has 0 unspecified atom stereocenters. The molecule has 1 spiro atoms. The van der Waals surface area contributed by atoms with Crippen molar-refractivity contribution in [2.75, 3.05) is 32.8 Å². The molecular formula is C28H31F3N4O4. The Bertz CT molecular complexity index is 1270. The van der Waals surface area contributed by atoms with Crippen molar-refractivity contribution in [3.63, 3.8) is 0 Å². The summed E-state index contributed by atoms with van der Waals surface area (Å²) in [6.07, 6.45) is -1.08. The van der Waals surface area contributed by atoms with E-state index in [9.17, 15) is 22.8 Å². The van der Waals surface area contributed by atoms with Gasteiger partial charge in [0.05, 0.1) is 12.2 Å². The molecule has 0 atom stereocenters. The molecule has 0 bridgehead atoms. The number of nitrogens with one attached hydrogen (secondary N) is 1. The summed E-state index contributed by atoms with van der Waals surface area (Å²) >= 11 is 0. The van der Waals surface area contributed by atoms with Gasteiger partial charge in [-0.2, -0.15) is 18.2 Å². The van der Waals surface area contributed by atoms with E-state index in [1.165, 1.54) is 12.1 Å². The van der Waals surface area contributed by atoms with Crippen LogP contribution < -0.4 is 5.32 Å². The maximum atomic E-state index is 13.1. The van der Waals surface area contributed by atoms with Crippen LogP contribution in [0.3, 0.4) is 0 Å². The summed E-state index contributed by atoms with van der Waals surface area (Å²) in [4.78, 5) is 42.6. The number of carbonyl (C=O) groups is 2. The minimum absolute atomic E-state index is 0.0758. The zero-order chi connectivity index (χ0) is 27.6. The smallest absolute Gasteiger partial charge is 0.339 e. The fourth-order valence-corrected chi connectivity index (χ4v) is 5.24. The number of aryl methyl sites for hydroxylation is 1. The fourth-order valence-electron chi connectivity index (χ4n) is 5.24. The van der Waals surface area contributed by atoms with Gasteiger partial charge in [-0.05, 0) is 74.4 Å². The first-order chi connectivity index (χ1) is 18.6. The Morgan fingerprint density at radius 3 is 2.51 bits per heavy atom. The van der Waals surface area contributed by atoms with E-state index in [4.69, 9.17) is 9.88 Å². The number of piperidine rings is 1. The maximum absolute atomic E-state index is 13.1. The van der Waals surface area contributed by atoms with Crippen molar-refractivity contribution in [1.29, 1.82) is 0 Å². The minimum atomic E-state index is -4.48. The van der Waals surface area contributed by atoms with Gasteiger partial charge in [-0.1, -0.05) is 18.2 Å². The number of aliphatic imine (C=N–C) groups is 1. The van der Waals surface area contributed by atoms with Crippen LogP contribution in [0.15, 0.2) is 47.5 Å². The Hall–Kier alpha value is -3.28. The molecule has 0 aliphatic carbocycles. The quantitative estimate of drug-likeness (QED) is 0.323. The molecule has 5 rings (SSSR count). The lowest BCUT2D eigenvalue weighted by Gasteiger charge is -2.33. The van der Waals surface area contributed by atoms with E-state index >= 15 is 0 Å². The van der Waals surface area contributed by atoms with Crippen LogP contribution in [0.25, 0.3) is 0 Å². The summed E-state index contributed by atoms with van der Waals surface area (Å²) in [6.45, 7) is 4.66. The van der Waals surface area contributed by atoms with Gasteiger partial charge in [0.15, 0.2) is 0 Å². The highest BCUT2D eigenvalue weighted by Gasteiger charge is 2.46. The van der Waals surface area contributed by atoms with E-state index in [1.54, 1.807) is 5.06 Å². The summed E-state index contributed by atoms with van der Waals surface area (Å²) in [6, 6.07) is 10.5. The Balaban J connectivity index is 1.10. The number of amides is 2. The standard InChI is InChI=1S/C28H31F3N4O4/c1-19-17-22(25(36)34-12-2-3-13-34)8-7-20(19)9-16-38-39-35-14-10-27(11-15-35)26(37)32-24(33-27)21-5-4-6-23(18-21)28(29,30)31/h4-8,17-18H,2-3,9-16H2,1H3,(H,32,33,37). The van der Waals surface area contributed by atoms with Crippen LogP contribution in [0.4, 0.5) is 13.2 Å². The number of alkyl halides is 3. The first kappa shape index (κ1) is 27.3. The molecule has 3 heterocycles. The van der Waals surface area contributed by atoms with Crippen molar-refractivity contribution in [2.45, 2.75) is 50.7 Å². The van der Waals surface area contributed by atoms with Gasteiger partial charge in [-0.15, -0.1) is 4.99 Å². The van der Waals surface area contributed by atoms with E-state index in [0.717, 1.165) is 49.2 Å². The van der Waals surface area contributed by atoms with E-state index in [1.807, 2.05) is 30.0 Å². The number of rotatable bonds is 7. The average Bonchev–Trinajstić information content (AvgIpc) is 3.57. The SMILES string of the molecule is Cc1cc(C(=O)N2CCCC2)ccc1CCOON1CCC2(CC1)N=C(c1cccc(C(F)(F)F)c1)NC2=O. The molecule has 8 nitrogen and oxygen atoms in total. The Morgan fingerprint density at radius 1 is 1.08 bits per heavy atom. The van der Waals surface area contributed by atoms with Crippen molar-refractivity contribution < 1.29 is 32.6 Å². The summed E-state index contributed by atoms with van der Waals surface area (Å²) < 4.78 is 39.3. The molecule has 39 heavy (non-hydrogen) atoms. The van der Waals surface area contributed by atoms with Crippen LogP contribution in [0.1, 0.15) is 58.3 Å². The summed E-state index contributed by atoms with van der Waals surface area (Å²) in [7, 11) is 0. The maximum Gasteiger partial charge on any atom is 0.416 e. The zero-order valence-electron chi connectivity index (χ0n) is 21.7. The van der Waals surface area contributed by atoms with Crippen LogP contribution in [-0.2, 0) is 27.3 Å². The highest BCUT2D eigenvalue weighted by molar-refractivity contribution is 6.15. The molecule has 3 aliphatic heterocycles. The largest absolute Gasteiger partial charge is 0.416 e. The number of carbonyl (C=O) groups excluding carboxylic acids is 2.